The van der Waals surface area contributed by atoms with Crippen molar-refractivity contribution in [2.75, 3.05) is 0 Å². The Labute approximate surface area is 127 Å². The van der Waals surface area contributed by atoms with Crippen molar-refractivity contribution in [1.82, 2.24) is 20.2 Å². The molecule has 6 heteroatoms. The van der Waals surface area contributed by atoms with Crippen LogP contribution in [0.15, 0.2) is 28.9 Å². The number of nitrogens with zero attached hydrogens (tertiary/aromatic N) is 4. The van der Waals surface area contributed by atoms with E-state index in [1.54, 1.807) is 10.7 Å². The van der Waals surface area contributed by atoms with E-state index < -0.39 is 0 Å². The summed E-state index contributed by atoms with van der Waals surface area (Å²) in [7, 11) is 0. The van der Waals surface area contributed by atoms with Crippen molar-refractivity contribution in [2.24, 2.45) is 0 Å². The molecule has 1 atom stereocenters. The lowest BCUT2D eigenvalue weighted by Crippen LogP contribution is -2.09. The van der Waals surface area contributed by atoms with Crippen molar-refractivity contribution in [2.45, 2.75) is 33.7 Å². The third kappa shape index (κ3) is 2.41. The number of aryl methyl sites for hydroxylation is 3. The molecule has 2 heterocycles. The summed E-state index contributed by atoms with van der Waals surface area (Å²) < 4.78 is 20.2. The maximum absolute atomic E-state index is 13.2. The molecule has 0 spiro atoms. The zero-order valence-electron chi connectivity index (χ0n) is 13.0. The summed E-state index contributed by atoms with van der Waals surface area (Å²) in [6, 6.07) is 4.73. The molecule has 0 unspecified atom stereocenters. The first-order valence-corrected chi connectivity index (χ1v) is 7.08. The fourth-order valence-electron chi connectivity index (χ4n) is 2.68. The molecule has 1 aromatic carbocycles. The van der Waals surface area contributed by atoms with Gasteiger partial charge in [-0.25, -0.2) is 9.07 Å². The van der Waals surface area contributed by atoms with Crippen LogP contribution in [0, 0.1) is 26.6 Å². The molecular weight excluding hydrogens is 283 g/mol. The maximum Gasteiger partial charge on any atom is 0.143 e. The van der Waals surface area contributed by atoms with Gasteiger partial charge in [0.2, 0.25) is 0 Å². The Balaban J connectivity index is 1.97. The molecule has 2 aromatic heterocycles. The van der Waals surface area contributed by atoms with Crippen LogP contribution in [0.5, 0.6) is 0 Å². The van der Waals surface area contributed by atoms with E-state index in [0.717, 1.165) is 33.8 Å². The fraction of sp³-hybridized carbons (Fsp3) is 0.312. The summed E-state index contributed by atoms with van der Waals surface area (Å²) in [4.78, 5) is 0. The van der Waals surface area contributed by atoms with Gasteiger partial charge in [0, 0.05) is 0 Å². The topological polar surface area (TPSA) is 56.7 Å². The van der Waals surface area contributed by atoms with Crippen LogP contribution < -0.4 is 0 Å². The zero-order chi connectivity index (χ0) is 15.9. The Bertz CT molecular complexity index is 802. The molecule has 0 radical (unpaired) electrons. The molecule has 114 valence electrons. The van der Waals surface area contributed by atoms with Crippen LogP contribution in [0.2, 0.25) is 0 Å². The molecular formula is C16H17FN4O. The van der Waals surface area contributed by atoms with Gasteiger partial charge >= 0.3 is 0 Å². The Morgan fingerprint density at radius 2 is 2.00 bits per heavy atom. The number of hydrogen-bond acceptors (Lipinski definition) is 4. The standard InChI is InChI=1S/C16H17FN4O/c1-9-7-13(17)5-6-14(9)11(3)21-8-15(18-20-21)16-10(2)19-22-12(16)4/h5-8,11H,1-4H3/t11-/m0/s1. The molecule has 3 rings (SSSR count). The normalized spacial score (nSPS) is 12.6. The van der Waals surface area contributed by atoms with E-state index in [4.69, 9.17) is 4.52 Å². The minimum absolute atomic E-state index is 0.0395. The largest absolute Gasteiger partial charge is 0.361 e. The van der Waals surface area contributed by atoms with Gasteiger partial charge < -0.3 is 4.52 Å². The van der Waals surface area contributed by atoms with Gasteiger partial charge in [-0.2, -0.15) is 0 Å². The van der Waals surface area contributed by atoms with Crippen molar-refractivity contribution in [3.63, 3.8) is 0 Å². The molecule has 0 N–H and O–H groups in total. The second-order valence-corrected chi connectivity index (χ2v) is 5.46. The number of benzene rings is 1. The predicted molar refractivity (Wildman–Crippen MR) is 79.9 cm³/mol. The van der Waals surface area contributed by atoms with E-state index in [1.807, 2.05) is 33.9 Å². The van der Waals surface area contributed by atoms with Crippen LogP contribution in [-0.4, -0.2) is 20.2 Å². The second-order valence-electron chi connectivity index (χ2n) is 5.46. The maximum atomic E-state index is 13.2. The Morgan fingerprint density at radius 1 is 1.23 bits per heavy atom. The first-order valence-electron chi connectivity index (χ1n) is 7.08. The van der Waals surface area contributed by atoms with Gasteiger partial charge in [0.15, 0.2) is 0 Å². The minimum Gasteiger partial charge on any atom is -0.361 e. The summed E-state index contributed by atoms with van der Waals surface area (Å²) in [6.45, 7) is 7.62. The van der Waals surface area contributed by atoms with Crippen LogP contribution >= 0.6 is 0 Å². The van der Waals surface area contributed by atoms with Gasteiger partial charge in [0.05, 0.1) is 23.5 Å². The number of rotatable bonds is 3. The average Bonchev–Trinajstić information content (AvgIpc) is 3.05. The number of halogens is 1. The Morgan fingerprint density at radius 3 is 2.64 bits per heavy atom. The highest BCUT2D eigenvalue weighted by Crippen LogP contribution is 2.27. The van der Waals surface area contributed by atoms with E-state index in [2.05, 4.69) is 15.5 Å². The SMILES string of the molecule is Cc1cc(F)ccc1[C@H](C)n1cc(-c2c(C)noc2C)nn1. The van der Waals surface area contributed by atoms with Crippen LogP contribution in [0.25, 0.3) is 11.3 Å². The fourth-order valence-corrected chi connectivity index (χ4v) is 2.68. The molecule has 0 aliphatic heterocycles. The van der Waals surface area contributed by atoms with Gasteiger partial charge in [-0.05, 0) is 51.0 Å². The third-order valence-electron chi connectivity index (χ3n) is 3.88. The Kier molecular flexibility index (Phi) is 3.52. The number of aromatic nitrogens is 4. The molecule has 22 heavy (non-hydrogen) atoms. The highest BCUT2D eigenvalue weighted by atomic mass is 19.1. The van der Waals surface area contributed by atoms with Crippen LogP contribution in [0.1, 0.15) is 35.5 Å². The lowest BCUT2D eigenvalue weighted by molar-refractivity contribution is 0.393. The summed E-state index contributed by atoms with van der Waals surface area (Å²) >= 11 is 0. The van der Waals surface area contributed by atoms with Crippen molar-refractivity contribution in [3.8, 4) is 11.3 Å². The van der Waals surface area contributed by atoms with Crippen molar-refractivity contribution in [3.05, 3.63) is 52.8 Å². The first kappa shape index (κ1) is 14.4. The lowest BCUT2D eigenvalue weighted by atomic mass is 10.0. The number of hydrogen-bond donors (Lipinski definition) is 0. The summed E-state index contributed by atoms with van der Waals surface area (Å²) in [5.74, 6) is 0.485. The molecule has 0 bridgehead atoms. The minimum atomic E-state index is -0.233. The third-order valence-corrected chi connectivity index (χ3v) is 3.88. The van der Waals surface area contributed by atoms with Crippen LogP contribution in [0.3, 0.4) is 0 Å². The van der Waals surface area contributed by atoms with E-state index in [-0.39, 0.29) is 11.9 Å². The zero-order valence-corrected chi connectivity index (χ0v) is 13.0. The van der Waals surface area contributed by atoms with E-state index in [9.17, 15) is 4.39 Å². The first-order chi connectivity index (χ1) is 10.5. The van der Waals surface area contributed by atoms with Gasteiger partial charge in [0.1, 0.15) is 17.3 Å². The highest BCUT2D eigenvalue weighted by Gasteiger charge is 2.18. The monoisotopic (exact) mass is 300 g/mol. The van der Waals surface area contributed by atoms with Gasteiger partial charge in [-0.1, -0.05) is 16.4 Å². The molecule has 0 aliphatic rings. The van der Waals surface area contributed by atoms with E-state index in [1.165, 1.54) is 12.1 Å². The molecule has 3 aromatic rings. The molecule has 0 fully saturated rings. The van der Waals surface area contributed by atoms with E-state index >= 15 is 0 Å². The van der Waals surface area contributed by atoms with Gasteiger partial charge in [0.25, 0.3) is 0 Å². The summed E-state index contributed by atoms with van der Waals surface area (Å²) in [5, 5.41) is 12.3. The Hall–Kier alpha value is -2.50. The second kappa shape index (κ2) is 5.36. The van der Waals surface area contributed by atoms with Gasteiger partial charge in [-0.3, -0.25) is 0 Å². The highest BCUT2D eigenvalue weighted by molar-refractivity contribution is 5.62. The molecule has 0 amide bonds. The predicted octanol–water partition coefficient (Wildman–Crippen LogP) is 3.61. The summed E-state index contributed by atoms with van der Waals surface area (Å²) in [5.41, 5.74) is 4.28. The van der Waals surface area contributed by atoms with Crippen molar-refractivity contribution < 1.29 is 8.91 Å². The molecule has 0 saturated carbocycles. The van der Waals surface area contributed by atoms with Crippen molar-refractivity contribution >= 4 is 0 Å². The quantitative estimate of drug-likeness (QED) is 0.741. The van der Waals surface area contributed by atoms with Crippen molar-refractivity contribution in [1.29, 1.82) is 0 Å². The van der Waals surface area contributed by atoms with Crippen LogP contribution in [-0.2, 0) is 0 Å². The van der Waals surface area contributed by atoms with Crippen LogP contribution in [0.4, 0.5) is 4.39 Å². The van der Waals surface area contributed by atoms with E-state index in [0.29, 0.717) is 0 Å². The smallest absolute Gasteiger partial charge is 0.143 e. The molecule has 0 saturated heterocycles. The molecule has 5 nitrogen and oxygen atoms in total. The molecule has 0 aliphatic carbocycles. The average molecular weight is 300 g/mol. The summed E-state index contributed by atoms with van der Waals surface area (Å²) in [6.07, 6.45) is 1.86. The lowest BCUT2D eigenvalue weighted by Gasteiger charge is -2.14. The van der Waals surface area contributed by atoms with Gasteiger partial charge in [-0.15, -0.1) is 5.10 Å².